The Morgan fingerprint density at radius 3 is 2.35 bits per heavy atom. The van der Waals surface area contributed by atoms with Crippen LogP contribution in [0.5, 0.6) is 0 Å². The van der Waals surface area contributed by atoms with E-state index in [-0.39, 0.29) is 41.7 Å². The summed E-state index contributed by atoms with van der Waals surface area (Å²) >= 11 is 0. The highest BCUT2D eigenvalue weighted by atomic mass is 16.3. The maximum absolute atomic E-state index is 11.6. The van der Waals surface area contributed by atoms with Crippen LogP contribution in [0.1, 0.15) is 85.0 Å². The second kappa shape index (κ2) is 8.87. The van der Waals surface area contributed by atoms with Gasteiger partial charge >= 0.3 is 0 Å². The number of hydrogen-bond acceptors (Lipinski definition) is 5. The fourth-order valence-corrected chi connectivity index (χ4v) is 9.08. The molecule has 4 fully saturated rings. The topological polar surface area (TPSA) is 101 Å². The van der Waals surface area contributed by atoms with Crippen LogP contribution in [0.15, 0.2) is 0 Å². The lowest BCUT2D eigenvalue weighted by Gasteiger charge is -2.63. The van der Waals surface area contributed by atoms with Gasteiger partial charge < -0.3 is 25.5 Å². The minimum atomic E-state index is -0.447. The van der Waals surface area contributed by atoms with Gasteiger partial charge in [-0.15, -0.1) is 0 Å². The molecule has 5 N–H and O–H groups in total. The van der Waals surface area contributed by atoms with Crippen molar-refractivity contribution in [2.75, 3.05) is 6.61 Å². The molecule has 0 saturated heterocycles. The number of fused-ring (bicyclic) bond motifs is 5. The average molecular weight is 439 g/mol. The van der Waals surface area contributed by atoms with Crippen LogP contribution in [0, 0.1) is 46.3 Å². The van der Waals surface area contributed by atoms with Crippen molar-refractivity contribution in [2.45, 2.75) is 109 Å². The predicted molar refractivity (Wildman–Crippen MR) is 120 cm³/mol. The van der Waals surface area contributed by atoms with Gasteiger partial charge in [0, 0.05) is 6.61 Å². The van der Waals surface area contributed by atoms with Crippen LogP contribution < -0.4 is 0 Å². The quantitative estimate of drug-likeness (QED) is 0.439. The van der Waals surface area contributed by atoms with Gasteiger partial charge in [0.25, 0.3) is 0 Å². The number of aliphatic hydroxyl groups excluding tert-OH is 5. The van der Waals surface area contributed by atoms with Crippen molar-refractivity contribution in [1.29, 1.82) is 0 Å². The molecule has 4 aliphatic rings. The molecular weight excluding hydrogens is 392 g/mol. The summed E-state index contributed by atoms with van der Waals surface area (Å²) in [6.07, 6.45) is 7.06. The molecule has 0 amide bonds. The zero-order valence-corrected chi connectivity index (χ0v) is 19.8. The maximum atomic E-state index is 11.6. The van der Waals surface area contributed by atoms with Gasteiger partial charge in [-0.25, -0.2) is 0 Å². The Kier molecular flexibility index (Phi) is 6.85. The highest BCUT2D eigenvalue weighted by Gasteiger charge is 2.65. The van der Waals surface area contributed by atoms with E-state index in [0.29, 0.717) is 42.4 Å². The monoisotopic (exact) mass is 438 g/mol. The molecule has 0 radical (unpaired) electrons. The molecule has 5 heteroatoms. The van der Waals surface area contributed by atoms with Crippen LogP contribution in [0.25, 0.3) is 0 Å². The SMILES string of the molecule is C[C@H](CC[C@@H](O)CCO)[C@H]1CCC2[C@H]3C(C[C@H](O)[C@@]21C)[C@@]1(C)CC[C@@H](O)C[C@H]1C[C@H]3O. The Balaban J connectivity index is 1.54. The van der Waals surface area contributed by atoms with Crippen LogP contribution >= 0.6 is 0 Å². The molecule has 4 saturated carbocycles. The van der Waals surface area contributed by atoms with Crippen molar-refractivity contribution in [3.8, 4) is 0 Å². The molecule has 180 valence electrons. The molecular formula is C26H46O5. The molecule has 0 heterocycles. The fourth-order valence-electron chi connectivity index (χ4n) is 9.08. The highest BCUT2D eigenvalue weighted by Crippen LogP contribution is 2.68. The Bertz CT molecular complexity index is 627. The first-order valence-corrected chi connectivity index (χ1v) is 13.0. The summed E-state index contributed by atoms with van der Waals surface area (Å²) in [6, 6.07) is 0. The smallest absolute Gasteiger partial charge is 0.0602 e. The summed E-state index contributed by atoms with van der Waals surface area (Å²) in [6.45, 7) is 6.94. The van der Waals surface area contributed by atoms with E-state index in [0.717, 1.165) is 51.4 Å². The summed E-state index contributed by atoms with van der Waals surface area (Å²) in [5.41, 5.74) is -0.0651. The molecule has 0 bridgehead atoms. The number of aliphatic hydroxyl groups is 5. The summed E-state index contributed by atoms with van der Waals surface area (Å²) in [4.78, 5) is 0. The second-order valence-corrected chi connectivity index (χ2v) is 12.2. The van der Waals surface area contributed by atoms with Crippen LogP contribution in [-0.4, -0.2) is 56.6 Å². The van der Waals surface area contributed by atoms with Gasteiger partial charge in [-0.1, -0.05) is 20.8 Å². The van der Waals surface area contributed by atoms with Crippen molar-refractivity contribution in [3.05, 3.63) is 0 Å². The minimum absolute atomic E-state index is 0.0230. The zero-order chi connectivity index (χ0) is 22.6. The van der Waals surface area contributed by atoms with E-state index in [1.54, 1.807) is 0 Å². The molecule has 0 aromatic heterocycles. The summed E-state index contributed by atoms with van der Waals surface area (Å²) in [7, 11) is 0. The van der Waals surface area contributed by atoms with E-state index in [2.05, 4.69) is 20.8 Å². The maximum Gasteiger partial charge on any atom is 0.0602 e. The second-order valence-electron chi connectivity index (χ2n) is 12.2. The lowest BCUT2D eigenvalue weighted by molar-refractivity contribution is -0.207. The van der Waals surface area contributed by atoms with E-state index < -0.39 is 6.10 Å². The van der Waals surface area contributed by atoms with E-state index in [1.165, 1.54) is 0 Å². The molecule has 0 aromatic rings. The van der Waals surface area contributed by atoms with Gasteiger partial charge in [-0.3, -0.25) is 0 Å². The van der Waals surface area contributed by atoms with Gasteiger partial charge in [0.05, 0.1) is 24.4 Å². The van der Waals surface area contributed by atoms with Crippen LogP contribution in [0.3, 0.4) is 0 Å². The molecule has 0 aromatic carbocycles. The standard InChI is InChI=1S/C26H46O5/c1-15(4-5-17(28)9-11-27)19-6-7-20-24-21(14-23(31)26(19,20)3)25(2)10-8-18(29)12-16(25)13-22(24)30/h15-24,27-31H,4-14H2,1-3H3/t15-,16+,17-,18-,19-,20?,21?,22-,23+,24+,25+,26-/m1/s1. The van der Waals surface area contributed by atoms with Crippen molar-refractivity contribution in [2.24, 2.45) is 46.3 Å². The Morgan fingerprint density at radius 1 is 0.903 bits per heavy atom. The van der Waals surface area contributed by atoms with Gasteiger partial charge in [0.1, 0.15) is 0 Å². The van der Waals surface area contributed by atoms with Crippen molar-refractivity contribution in [3.63, 3.8) is 0 Å². The molecule has 31 heavy (non-hydrogen) atoms. The first kappa shape index (κ1) is 23.9. The van der Waals surface area contributed by atoms with Gasteiger partial charge in [0.2, 0.25) is 0 Å². The third-order valence-electron chi connectivity index (χ3n) is 10.9. The molecule has 12 atom stereocenters. The normalized spacial score (nSPS) is 51.5. The van der Waals surface area contributed by atoms with Gasteiger partial charge in [-0.05, 0) is 111 Å². The molecule has 0 spiro atoms. The van der Waals surface area contributed by atoms with Crippen LogP contribution in [0.4, 0.5) is 0 Å². The largest absolute Gasteiger partial charge is 0.396 e. The summed E-state index contributed by atoms with van der Waals surface area (Å²) < 4.78 is 0. The Labute approximate surface area is 188 Å². The van der Waals surface area contributed by atoms with E-state index >= 15 is 0 Å². The number of rotatable bonds is 6. The highest BCUT2D eigenvalue weighted by molar-refractivity contribution is 5.14. The minimum Gasteiger partial charge on any atom is -0.396 e. The van der Waals surface area contributed by atoms with Gasteiger partial charge in [0.15, 0.2) is 0 Å². The van der Waals surface area contributed by atoms with E-state index in [9.17, 15) is 20.4 Å². The number of hydrogen-bond donors (Lipinski definition) is 5. The van der Waals surface area contributed by atoms with Gasteiger partial charge in [-0.2, -0.15) is 0 Å². The first-order valence-electron chi connectivity index (χ1n) is 13.0. The average Bonchev–Trinajstić information content (AvgIpc) is 3.07. The lowest BCUT2D eigenvalue weighted by atomic mass is 9.43. The first-order chi connectivity index (χ1) is 14.6. The fraction of sp³-hybridized carbons (Fsp3) is 1.00. The Morgan fingerprint density at radius 2 is 1.65 bits per heavy atom. The molecule has 4 rings (SSSR count). The van der Waals surface area contributed by atoms with E-state index in [4.69, 9.17) is 5.11 Å². The zero-order valence-electron chi connectivity index (χ0n) is 19.8. The molecule has 2 unspecified atom stereocenters. The molecule has 4 aliphatic carbocycles. The van der Waals surface area contributed by atoms with Crippen molar-refractivity contribution >= 4 is 0 Å². The Hall–Kier alpha value is -0.200. The van der Waals surface area contributed by atoms with E-state index in [1.807, 2.05) is 0 Å². The lowest BCUT2D eigenvalue weighted by Crippen LogP contribution is -2.62. The van der Waals surface area contributed by atoms with Crippen LogP contribution in [0.2, 0.25) is 0 Å². The third-order valence-corrected chi connectivity index (χ3v) is 10.9. The van der Waals surface area contributed by atoms with Crippen molar-refractivity contribution in [1.82, 2.24) is 0 Å². The third kappa shape index (κ3) is 3.90. The molecule has 0 aliphatic heterocycles. The molecule has 5 nitrogen and oxygen atoms in total. The summed E-state index contributed by atoms with van der Waals surface area (Å²) in [5, 5.41) is 52.3. The van der Waals surface area contributed by atoms with Crippen LogP contribution in [-0.2, 0) is 0 Å². The summed E-state index contributed by atoms with van der Waals surface area (Å²) in [5.74, 6) is 2.09. The predicted octanol–water partition coefficient (Wildman–Crippen LogP) is 3.11. The van der Waals surface area contributed by atoms with Crippen molar-refractivity contribution < 1.29 is 25.5 Å².